The zero-order valence-corrected chi connectivity index (χ0v) is 17.3. The van der Waals surface area contributed by atoms with E-state index in [-0.39, 0.29) is 6.04 Å². The molecule has 31 heavy (non-hydrogen) atoms. The van der Waals surface area contributed by atoms with E-state index in [2.05, 4.69) is 44.5 Å². The summed E-state index contributed by atoms with van der Waals surface area (Å²) >= 11 is 0. The first kappa shape index (κ1) is 18.9. The first-order chi connectivity index (χ1) is 15.2. The fourth-order valence-corrected chi connectivity index (χ4v) is 3.48. The third-order valence-electron chi connectivity index (χ3n) is 5.17. The predicted molar refractivity (Wildman–Crippen MR) is 121 cm³/mol. The molecule has 0 spiro atoms. The highest BCUT2D eigenvalue weighted by Crippen LogP contribution is 2.24. The van der Waals surface area contributed by atoms with E-state index < -0.39 is 0 Å². The Morgan fingerprint density at radius 3 is 2.58 bits per heavy atom. The van der Waals surface area contributed by atoms with Gasteiger partial charge in [0.15, 0.2) is 0 Å². The molecular weight excluding hydrogens is 386 g/mol. The molecule has 7 nitrogen and oxygen atoms in total. The average Bonchev–Trinajstić information content (AvgIpc) is 3.24. The van der Waals surface area contributed by atoms with Gasteiger partial charge < -0.3 is 5.32 Å². The maximum atomic E-state index is 4.70. The number of fused-ring (bicyclic) bond motifs is 1. The molecule has 0 radical (unpaired) electrons. The van der Waals surface area contributed by atoms with Crippen molar-refractivity contribution in [2.45, 2.75) is 19.9 Å². The predicted octanol–water partition coefficient (Wildman–Crippen LogP) is 4.75. The van der Waals surface area contributed by atoms with E-state index >= 15 is 0 Å². The molecule has 0 bridgehead atoms. The summed E-state index contributed by atoms with van der Waals surface area (Å²) in [5, 5.41) is 11.8. The van der Waals surface area contributed by atoms with Crippen molar-refractivity contribution in [1.82, 2.24) is 29.7 Å². The zero-order valence-electron chi connectivity index (χ0n) is 17.3. The number of anilines is 1. The van der Waals surface area contributed by atoms with Gasteiger partial charge in [0, 0.05) is 11.8 Å². The summed E-state index contributed by atoms with van der Waals surface area (Å²) in [6.07, 6.45) is 3.53. The minimum atomic E-state index is 0.0918. The molecule has 7 heteroatoms. The van der Waals surface area contributed by atoms with Gasteiger partial charge in [0.2, 0.25) is 5.95 Å². The van der Waals surface area contributed by atoms with Crippen LogP contribution in [0.3, 0.4) is 0 Å². The number of nitrogens with zero attached hydrogens (tertiary/aromatic N) is 6. The standard InChI is InChI=1S/C24H21N7/c1-16-8-10-20(30-29-16)19-9-11-22-21(14-19)26-15-31(22)23-12-13-25-24(28-23)27-17(2)18-6-4-3-5-7-18/h3-15,17H,1-2H3,(H,25,27,28)/t17-/m0/s1. The van der Waals surface area contributed by atoms with Gasteiger partial charge in [0.05, 0.1) is 28.5 Å². The van der Waals surface area contributed by atoms with Crippen LogP contribution in [0.5, 0.6) is 0 Å². The third kappa shape index (κ3) is 3.85. The van der Waals surface area contributed by atoms with Crippen molar-refractivity contribution in [2.75, 3.05) is 5.32 Å². The SMILES string of the molecule is Cc1ccc(-c2ccc3c(c2)ncn3-c2ccnc(N[C@@H](C)c3ccccc3)n2)nn1. The maximum absolute atomic E-state index is 4.70. The number of hydrogen-bond donors (Lipinski definition) is 1. The van der Waals surface area contributed by atoms with Crippen LogP contribution in [0.2, 0.25) is 0 Å². The van der Waals surface area contributed by atoms with E-state index in [1.165, 1.54) is 5.56 Å². The summed E-state index contributed by atoms with van der Waals surface area (Å²) < 4.78 is 1.96. The molecule has 0 fully saturated rings. The van der Waals surface area contributed by atoms with E-state index in [0.29, 0.717) is 5.95 Å². The summed E-state index contributed by atoms with van der Waals surface area (Å²) in [7, 11) is 0. The lowest BCUT2D eigenvalue weighted by Gasteiger charge is -2.14. The van der Waals surface area contributed by atoms with Crippen molar-refractivity contribution >= 4 is 17.0 Å². The Balaban J connectivity index is 1.44. The lowest BCUT2D eigenvalue weighted by atomic mass is 10.1. The maximum Gasteiger partial charge on any atom is 0.225 e. The number of benzene rings is 2. The highest BCUT2D eigenvalue weighted by molar-refractivity contribution is 5.82. The van der Waals surface area contributed by atoms with Gasteiger partial charge in [-0.1, -0.05) is 36.4 Å². The van der Waals surface area contributed by atoms with Crippen LogP contribution in [-0.2, 0) is 0 Å². The molecule has 5 rings (SSSR count). The van der Waals surface area contributed by atoms with E-state index in [1.807, 2.05) is 66.1 Å². The molecular formula is C24H21N7. The third-order valence-corrected chi connectivity index (χ3v) is 5.17. The molecule has 2 aromatic carbocycles. The highest BCUT2D eigenvalue weighted by atomic mass is 15.2. The Morgan fingerprint density at radius 2 is 1.77 bits per heavy atom. The molecule has 0 saturated heterocycles. The fraction of sp³-hybridized carbons (Fsp3) is 0.125. The van der Waals surface area contributed by atoms with Gasteiger partial charge in [-0.15, -0.1) is 0 Å². The number of imidazole rings is 1. The molecule has 0 amide bonds. The Bertz CT molecular complexity index is 1330. The number of aryl methyl sites for hydroxylation is 1. The Morgan fingerprint density at radius 1 is 0.903 bits per heavy atom. The lowest BCUT2D eigenvalue weighted by molar-refractivity contribution is 0.854. The Hall–Kier alpha value is -4.13. The van der Waals surface area contributed by atoms with Gasteiger partial charge in [-0.3, -0.25) is 4.57 Å². The van der Waals surface area contributed by atoms with Gasteiger partial charge in [0.1, 0.15) is 12.1 Å². The molecule has 1 N–H and O–H groups in total. The van der Waals surface area contributed by atoms with Crippen molar-refractivity contribution in [3.8, 4) is 17.1 Å². The van der Waals surface area contributed by atoms with E-state index in [0.717, 1.165) is 33.8 Å². The normalized spacial score (nSPS) is 12.1. The van der Waals surface area contributed by atoms with E-state index in [1.54, 1.807) is 12.5 Å². The summed E-state index contributed by atoms with van der Waals surface area (Å²) in [5.74, 6) is 1.32. The van der Waals surface area contributed by atoms with Crippen LogP contribution in [0.4, 0.5) is 5.95 Å². The fourth-order valence-electron chi connectivity index (χ4n) is 3.48. The molecule has 0 aliphatic carbocycles. The van der Waals surface area contributed by atoms with Crippen LogP contribution in [-0.4, -0.2) is 29.7 Å². The van der Waals surface area contributed by atoms with Gasteiger partial charge in [0.25, 0.3) is 0 Å². The van der Waals surface area contributed by atoms with Gasteiger partial charge >= 0.3 is 0 Å². The first-order valence-corrected chi connectivity index (χ1v) is 10.1. The number of nitrogens with one attached hydrogen (secondary N) is 1. The second-order valence-corrected chi connectivity index (χ2v) is 7.39. The molecule has 3 heterocycles. The van der Waals surface area contributed by atoms with Gasteiger partial charge in [-0.25, -0.2) is 9.97 Å². The lowest BCUT2D eigenvalue weighted by Crippen LogP contribution is -2.10. The van der Waals surface area contributed by atoms with Gasteiger partial charge in [-0.2, -0.15) is 15.2 Å². The van der Waals surface area contributed by atoms with Crippen molar-refractivity contribution in [3.63, 3.8) is 0 Å². The summed E-state index contributed by atoms with van der Waals surface area (Å²) in [6.45, 7) is 4.01. The topological polar surface area (TPSA) is 81.4 Å². The van der Waals surface area contributed by atoms with Crippen molar-refractivity contribution in [2.24, 2.45) is 0 Å². The molecule has 0 aliphatic heterocycles. The molecule has 0 aliphatic rings. The molecule has 3 aromatic heterocycles. The molecule has 152 valence electrons. The number of aromatic nitrogens is 6. The summed E-state index contributed by atoms with van der Waals surface area (Å²) in [6, 6.07) is 22.2. The largest absolute Gasteiger partial charge is 0.348 e. The van der Waals surface area contributed by atoms with Crippen LogP contribution in [0.15, 0.2) is 79.3 Å². The summed E-state index contributed by atoms with van der Waals surface area (Å²) in [5.41, 5.74) is 5.70. The minimum Gasteiger partial charge on any atom is -0.348 e. The first-order valence-electron chi connectivity index (χ1n) is 10.1. The van der Waals surface area contributed by atoms with Crippen LogP contribution in [0, 0.1) is 6.92 Å². The zero-order chi connectivity index (χ0) is 21.2. The highest BCUT2D eigenvalue weighted by Gasteiger charge is 2.11. The number of hydrogen-bond acceptors (Lipinski definition) is 6. The molecule has 1 atom stereocenters. The molecule has 0 saturated carbocycles. The van der Waals surface area contributed by atoms with Crippen LogP contribution >= 0.6 is 0 Å². The van der Waals surface area contributed by atoms with E-state index in [4.69, 9.17) is 4.98 Å². The second-order valence-electron chi connectivity index (χ2n) is 7.39. The summed E-state index contributed by atoms with van der Waals surface area (Å²) in [4.78, 5) is 13.7. The molecule has 0 unspecified atom stereocenters. The monoisotopic (exact) mass is 407 g/mol. The van der Waals surface area contributed by atoms with Crippen molar-refractivity contribution in [1.29, 1.82) is 0 Å². The smallest absolute Gasteiger partial charge is 0.225 e. The van der Waals surface area contributed by atoms with Crippen LogP contribution in [0.1, 0.15) is 24.2 Å². The van der Waals surface area contributed by atoms with Gasteiger partial charge in [-0.05, 0) is 49.7 Å². The Labute approximate surface area is 179 Å². The Kier molecular flexibility index (Phi) is 4.84. The minimum absolute atomic E-state index is 0.0918. The van der Waals surface area contributed by atoms with E-state index in [9.17, 15) is 0 Å². The van der Waals surface area contributed by atoms with Crippen molar-refractivity contribution < 1.29 is 0 Å². The van der Waals surface area contributed by atoms with Crippen molar-refractivity contribution in [3.05, 3.63) is 90.5 Å². The number of rotatable bonds is 5. The van der Waals surface area contributed by atoms with Crippen LogP contribution in [0.25, 0.3) is 28.1 Å². The molecule has 5 aromatic rings. The quantitative estimate of drug-likeness (QED) is 0.453. The average molecular weight is 407 g/mol. The van der Waals surface area contributed by atoms with Crippen LogP contribution < -0.4 is 5.32 Å². The second kappa shape index (κ2) is 7.95.